The van der Waals surface area contributed by atoms with Gasteiger partial charge in [-0.2, -0.15) is 13.2 Å². The number of halogens is 3. The molecular formula is C14H14F3NO3. The normalized spacial score (nSPS) is 17.9. The van der Waals surface area contributed by atoms with Gasteiger partial charge >= 0.3 is 12.1 Å². The van der Waals surface area contributed by atoms with Crippen molar-refractivity contribution in [3.05, 3.63) is 35.4 Å². The number of alkyl halides is 3. The van der Waals surface area contributed by atoms with E-state index >= 15 is 0 Å². The summed E-state index contributed by atoms with van der Waals surface area (Å²) in [5.74, 6) is -1.49. The summed E-state index contributed by atoms with van der Waals surface area (Å²) >= 11 is 0. The largest absolute Gasteiger partial charge is 0.479 e. The third-order valence-corrected chi connectivity index (χ3v) is 3.74. The molecule has 1 fully saturated rings. The van der Waals surface area contributed by atoms with Crippen LogP contribution >= 0.6 is 0 Å². The lowest BCUT2D eigenvalue weighted by molar-refractivity contribution is -0.157. The predicted octanol–water partition coefficient (Wildman–Crippen LogP) is 2.63. The first-order valence-corrected chi connectivity index (χ1v) is 6.36. The Bertz CT molecular complexity index is 569. The molecular weight excluding hydrogens is 287 g/mol. The van der Waals surface area contributed by atoms with Crippen LogP contribution in [0.4, 0.5) is 13.2 Å². The quantitative estimate of drug-likeness (QED) is 0.851. The number of carboxylic acid groups (broad SMARTS) is 1. The zero-order valence-electron chi connectivity index (χ0n) is 11.2. The first-order valence-electron chi connectivity index (χ1n) is 6.36. The third-order valence-electron chi connectivity index (χ3n) is 3.74. The average molecular weight is 301 g/mol. The Morgan fingerprint density at radius 2 is 1.81 bits per heavy atom. The maximum atomic E-state index is 13.1. The molecule has 2 rings (SSSR count). The van der Waals surface area contributed by atoms with Crippen molar-refractivity contribution in [2.24, 2.45) is 0 Å². The SMILES string of the molecule is CC(C(=O)O)(c1ccccc1C(F)(F)F)N(C=O)C1CC1. The number of carboxylic acids is 1. The van der Waals surface area contributed by atoms with Crippen LogP contribution in [0.25, 0.3) is 0 Å². The van der Waals surface area contributed by atoms with Gasteiger partial charge in [0, 0.05) is 11.6 Å². The lowest BCUT2D eigenvalue weighted by atomic mass is 9.86. The van der Waals surface area contributed by atoms with Crippen LogP contribution in [0.5, 0.6) is 0 Å². The summed E-state index contributed by atoms with van der Waals surface area (Å²) in [7, 11) is 0. The van der Waals surface area contributed by atoms with Crippen molar-refractivity contribution in [3.8, 4) is 0 Å². The number of carbonyl (C=O) groups is 2. The second-order valence-electron chi connectivity index (χ2n) is 5.16. The van der Waals surface area contributed by atoms with Crippen molar-refractivity contribution in [2.45, 2.75) is 37.5 Å². The minimum Gasteiger partial charge on any atom is -0.479 e. The van der Waals surface area contributed by atoms with Crippen LogP contribution < -0.4 is 0 Å². The number of benzene rings is 1. The summed E-state index contributed by atoms with van der Waals surface area (Å²) in [5.41, 5.74) is -3.51. The van der Waals surface area contributed by atoms with Crippen LogP contribution in [0, 0.1) is 0 Å². The van der Waals surface area contributed by atoms with E-state index in [2.05, 4.69) is 0 Å². The van der Waals surface area contributed by atoms with Gasteiger partial charge in [0.05, 0.1) is 5.56 Å². The molecule has 1 aromatic carbocycles. The van der Waals surface area contributed by atoms with Crippen LogP contribution in [0.2, 0.25) is 0 Å². The molecule has 0 heterocycles. The molecule has 21 heavy (non-hydrogen) atoms. The monoisotopic (exact) mass is 301 g/mol. The molecule has 0 bridgehead atoms. The second-order valence-corrected chi connectivity index (χ2v) is 5.16. The standard InChI is InChI=1S/C14H14F3NO3/c1-13(12(20)21,18(8-19)9-6-7-9)10-4-2-3-5-11(10)14(15,16)17/h2-5,8-9H,6-7H2,1H3,(H,20,21). The van der Waals surface area contributed by atoms with Gasteiger partial charge in [0.15, 0.2) is 5.54 Å². The lowest BCUT2D eigenvalue weighted by Gasteiger charge is -2.37. The zero-order valence-corrected chi connectivity index (χ0v) is 11.2. The minimum absolute atomic E-state index is 0.318. The van der Waals surface area contributed by atoms with Gasteiger partial charge in [0.25, 0.3) is 0 Å². The summed E-state index contributed by atoms with van der Waals surface area (Å²) in [6, 6.07) is 4.13. The van der Waals surface area contributed by atoms with E-state index < -0.39 is 28.8 Å². The molecule has 0 aromatic heterocycles. The van der Waals surface area contributed by atoms with E-state index in [4.69, 9.17) is 0 Å². The summed E-state index contributed by atoms with van der Waals surface area (Å²) < 4.78 is 39.4. The molecule has 1 aliphatic rings. The highest BCUT2D eigenvalue weighted by Crippen LogP contribution is 2.42. The van der Waals surface area contributed by atoms with E-state index in [0.29, 0.717) is 19.3 Å². The number of amides is 1. The molecule has 1 aliphatic carbocycles. The molecule has 0 aliphatic heterocycles. The molecule has 7 heteroatoms. The Hall–Kier alpha value is -2.05. The molecule has 4 nitrogen and oxygen atoms in total. The first kappa shape index (κ1) is 15.3. The first-order chi connectivity index (χ1) is 9.72. The third kappa shape index (κ3) is 2.59. The number of hydrogen-bond acceptors (Lipinski definition) is 2. The number of aliphatic carboxylic acids is 1. The minimum atomic E-state index is -4.69. The predicted molar refractivity (Wildman–Crippen MR) is 67.4 cm³/mol. The van der Waals surface area contributed by atoms with Crippen molar-refractivity contribution in [2.75, 3.05) is 0 Å². The molecule has 1 N–H and O–H groups in total. The molecule has 1 saturated carbocycles. The van der Waals surface area contributed by atoms with Crippen LogP contribution in [-0.4, -0.2) is 28.4 Å². The van der Waals surface area contributed by atoms with Crippen LogP contribution in [0.3, 0.4) is 0 Å². The van der Waals surface area contributed by atoms with Crippen LogP contribution in [0.15, 0.2) is 24.3 Å². The highest BCUT2D eigenvalue weighted by atomic mass is 19.4. The van der Waals surface area contributed by atoms with Crippen molar-refractivity contribution in [3.63, 3.8) is 0 Å². The Labute approximate surface area is 119 Å². The molecule has 0 spiro atoms. The van der Waals surface area contributed by atoms with Crippen LogP contribution in [0.1, 0.15) is 30.9 Å². The van der Waals surface area contributed by atoms with Gasteiger partial charge < -0.3 is 10.0 Å². The van der Waals surface area contributed by atoms with Gasteiger partial charge in [-0.3, -0.25) is 4.79 Å². The van der Waals surface area contributed by atoms with Crippen molar-refractivity contribution in [1.82, 2.24) is 4.90 Å². The fourth-order valence-corrected chi connectivity index (χ4v) is 2.43. The van der Waals surface area contributed by atoms with Gasteiger partial charge in [0.2, 0.25) is 6.41 Å². The van der Waals surface area contributed by atoms with Gasteiger partial charge in [0.1, 0.15) is 0 Å². The zero-order chi connectivity index (χ0) is 15.8. The summed E-state index contributed by atoms with van der Waals surface area (Å²) in [5, 5.41) is 9.49. The Morgan fingerprint density at radius 1 is 1.29 bits per heavy atom. The summed E-state index contributed by atoms with van der Waals surface area (Å²) in [6.45, 7) is 1.13. The molecule has 1 aromatic rings. The highest BCUT2D eigenvalue weighted by Gasteiger charge is 2.50. The van der Waals surface area contributed by atoms with Crippen LogP contribution in [-0.2, 0) is 21.3 Å². The molecule has 0 saturated heterocycles. The van der Waals surface area contributed by atoms with Crippen molar-refractivity contribution < 1.29 is 27.9 Å². The molecule has 1 atom stereocenters. The molecule has 0 radical (unpaired) electrons. The fraction of sp³-hybridized carbons (Fsp3) is 0.429. The maximum Gasteiger partial charge on any atom is 0.416 e. The second kappa shape index (κ2) is 5.05. The van der Waals surface area contributed by atoms with E-state index in [1.165, 1.54) is 12.1 Å². The maximum absolute atomic E-state index is 13.1. The van der Waals surface area contributed by atoms with Crippen molar-refractivity contribution >= 4 is 12.4 Å². The summed E-state index contributed by atoms with van der Waals surface area (Å²) in [4.78, 5) is 23.9. The topological polar surface area (TPSA) is 57.6 Å². The van der Waals surface area contributed by atoms with Gasteiger partial charge in [-0.25, -0.2) is 4.79 Å². The number of nitrogens with zero attached hydrogens (tertiary/aromatic N) is 1. The Balaban J connectivity index is 2.63. The Kier molecular flexibility index (Phi) is 3.69. The lowest BCUT2D eigenvalue weighted by Crippen LogP contribution is -2.51. The van der Waals surface area contributed by atoms with E-state index in [9.17, 15) is 27.9 Å². The Morgan fingerprint density at radius 3 is 2.19 bits per heavy atom. The highest BCUT2D eigenvalue weighted by molar-refractivity contribution is 5.83. The number of hydrogen-bond donors (Lipinski definition) is 1. The van der Waals surface area contributed by atoms with Crippen molar-refractivity contribution in [1.29, 1.82) is 0 Å². The van der Waals surface area contributed by atoms with E-state index in [-0.39, 0.29) is 6.04 Å². The molecule has 1 amide bonds. The molecule has 1 unspecified atom stereocenters. The molecule has 114 valence electrons. The van der Waals surface area contributed by atoms with E-state index in [1.54, 1.807) is 0 Å². The smallest absolute Gasteiger partial charge is 0.416 e. The van der Waals surface area contributed by atoms with E-state index in [1.807, 2.05) is 0 Å². The van der Waals surface area contributed by atoms with Gasteiger partial charge in [-0.15, -0.1) is 0 Å². The number of rotatable bonds is 5. The van der Waals surface area contributed by atoms with Gasteiger partial charge in [-0.1, -0.05) is 18.2 Å². The number of carbonyl (C=O) groups excluding carboxylic acids is 1. The van der Waals surface area contributed by atoms with Gasteiger partial charge in [-0.05, 0) is 25.8 Å². The average Bonchev–Trinajstić information content (AvgIpc) is 3.22. The fourth-order valence-electron chi connectivity index (χ4n) is 2.43. The van der Waals surface area contributed by atoms with E-state index in [0.717, 1.165) is 24.0 Å². The summed E-state index contributed by atoms with van der Waals surface area (Å²) in [6.07, 6.45) is -3.18.